The topological polar surface area (TPSA) is 55.8 Å². The molecule has 0 unspecified atom stereocenters. The standard InChI is InChI=1S/C20H19NO4S/c1-21(26(22,23)20-15-9-8-14-19(20)24-2)17-12-6-7-13-18(17)25-16-10-4-3-5-11-16/h3-15H,1-2H3. The van der Waals surface area contributed by atoms with Crippen molar-refractivity contribution in [1.82, 2.24) is 0 Å². The lowest BCUT2D eigenvalue weighted by molar-refractivity contribution is 0.402. The van der Waals surface area contributed by atoms with Gasteiger partial charge < -0.3 is 9.47 Å². The maximum absolute atomic E-state index is 13.1. The van der Waals surface area contributed by atoms with Gasteiger partial charge in [0.2, 0.25) is 0 Å². The molecule has 0 fully saturated rings. The van der Waals surface area contributed by atoms with E-state index in [1.54, 1.807) is 42.5 Å². The second-order valence-corrected chi connectivity index (χ2v) is 7.44. The molecule has 0 aromatic heterocycles. The molecule has 3 aromatic carbocycles. The Morgan fingerprint density at radius 3 is 2.04 bits per heavy atom. The van der Waals surface area contributed by atoms with Gasteiger partial charge in [0.25, 0.3) is 10.0 Å². The van der Waals surface area contributed by atoms with Crippen LogP contribution in [0, 0.1) is 0 Å². The van der Waals surface area contributed by atoms with Crippen LogP contribution in [0.4, 0.5) is 5.69 Å². The quantitative estimate of drug-likeness (QED) is 0.650. The molecule has 5 nitrogen and oxygen atoms in total. The van der Waals surface area contributed by atoms with Gasteiger partial charge in [0.1, 0.15) is 16.4 Å². The molecule has 0 aliphatic heterocycles. The predicted molar refractivity (Wildman–Crippen MR) is 102 cm³/mol. The summed E-state index contributed by atoms with van der Waals surface area (Å²) in [6.45, 7) is 0. The number of hydrogen-bond acceptors (Lipinski definition) is 4. The number of hydrogen-bond donors (Lipinski definition) is 0. The van der Waals surface area contributed by atoms with Crippen molar-refractivity contribution in [2.75, 3.05) is 18.5 Å². The number of sulfonamides is 1. The number of para-hydroxylation sites is 4. The summed E-state index contributed by atoms with van der Waals surface area (Å²) in [5.41, 5.74) is 0.433. The van der Waals surface area contributed by atoms with Crippen LogP contribution in [-0.2, 0) is 10.0 Å². The molecule has 0 atom stereocenters. The molecule has 3 aromatic rings. The minimum atomic E-state index is -3.82. The van der Waals surface area contributed by atoms with E-state index < -0.39 is 10.0 Å². The van der Waals surface area contributed by atoms with Gasteiger partial charge in [-0.3, -0.25) is 4.31 Å². The normalized spacial score (nSPS) is 11.0. The second kappa shape index (κ2) is 7.49. The van der Waals surface area contributed by atoms with Gasteiger partial charge in [-0.15, -0.1) is 0 Å². The van der Waals surface area contributed by atoms with E-state index in [1.807, 2.05) is 30.3 Å². The summed E-state index contributed by atoms with van der Waals surface area (Å²) in [4.78, 5) is 0.0968. The minimum absolute atomic E-state index is 0.0968. The fraction of sp³-hybridized carbons (Fsp3) is 0.100. The predicted octanol–water partition coefficient (Wildman–Crippen LogP) is 4.31. The van der Waals surface area contributed by atoms with E-state index in [2.05, 4.69) is 0 Å². The third kappa shape index (κ3) is 3.50. The number of methoxy groups -OCH3 is 1. The number of ether oxygens (including phenoxy) is 2. The van der Waals surface area contributed by atoms with Crippen molar-refractivity contribution < 1.29 is 17.9 Å². The van der Waals surface area contributed by atoms with Crippen LogP contribution in [0.2, 0.25) is 0 Å². The number of anilines is 1. The van der Waals surface area contributed by atoms with E-state index in [0.29, 0.717) is 22.9 Å². The Balaban J connectivity index is 2.01. The van der Waals surface area contributed by atoms with E-state index in [-0.39, 0.29) is 4.90 Å². The van der Waals surface area contributed by atoms with Crippen molar-refractivity contribution in [2.45, 2.75) is 4.90 Å². The average Bonchev–Trinajstić information content (AvgIpc) is 2.68. The average molecular weight is 369 g/mol. The summed E-state index contributed by atoms with van der Waals surface area (Å²) in [6.07, 6.45) is 0. The lowest BCUT2D eigenvalue weighted by atomic mass is 10.3. The molecule has 0 saturated heterocycles. The Labute approximate surface area is 153 Å². The van der Waals surface area contributed by atoms with Gasteiger partial charge in [-0.1, -0.05) is 42.5 Å². The SMILES string of the molecule is COc1ccccc1S(=O)(=O)N(C)c1ccccc1Oc1ccccc1. The Morgan fingerprint density at radius 2 is 1.35 bits per heavy atom. The van der Waals surface area contributed by atoms with E-state index in [4.69, 9.17) is 9.47 Å². The molecule has 0 aliphatic rings. The molecule has 0 bridgehead atoms. The third-order valence-electron chi connectivity index (χ3n) is 3.88. The highest BCUT2D eigenvalue weighted by molar-refractivity contribution is 7.93. The molecule has 134 valence electrons. The van der Waals surface area contributed by atoms with Gasteiger partial charge in [-0.25, -0.2) is 8.42 Å². The molecule has 0 spiro atoms. The summed E-state index contributed by atoms with van der Waals surface area (Å²) >= 11 is 0. The van der Waals surface area contributed by atoms with Crippen LogP contribution in [0.1, 0.15) is 0 Å². The minimum Gasteiger partial charge on any atom is -0.495 e. The largest absolute Gasteiger partial charge is 0.495 e. The van der Waals surface area contributed by atoms with Crippen molar-refractivity contribution in [3.8, 4) is 17.2 Å². The summed E-state index contributed by atoms with van der Waals surface area (Å²) in [6, 6.07) is 22.7. The van der Waals surface area contributed by atoms with E-state index >= 15 is 0 Å². The Bertz CT molecular complexity index is 987. The molecule has 0 radical (unpaired) electrons. The summed E-state index contributed by atoms with van der Waals surface area (Å²) in [5, 5.41) is 0. The molecule has 0 aliphatic carbocycles. The van der Waals surface area contributed by atoms with Crippen molar-refractivity contribution in [2.24, 2.45) is 0 Å². The highest BCUT2D eigenvalue weighted by Crippen LogP contribution is 2.36. The van der Waals surface area contributed by atoms with E-state index in [9.17, 15) is 8.42 Å². The van der Waals surface area contributed by atoms with Gasteiger partial charge in [0, 0.05) is 7.05 Å². The lowest BCUT2D eigenvalue weighted by Crippen LogP contribution is -2.27. The third-order valence-corrected chi connectivity index (χ3v) is 5.69. The highest BCUT2D eigenvalue weighted by atomic mass is 32.2. The van der Waals surface area contributed by atoms with Crippen molar-refractivity contribution in [3.63, 3.8) is 0 Å². The first kappa shape index (κ1) is 17.8. The van der Waals surface area contributed by atoms with Crippen LogP contribution < -0.4 is 13.8 Å². The number of rotatable bonds is 6. The molecule has 0 saturated carbocycles. The monoisotopic (exact) mass is 369 g/mol. The fourth-order valence-electron chi connectivity index (χ4n) is 2.53. The van der Waals surface area contributed by atoms with Crippen molar-refractivity contribution in [1.29, 1.82) is 0 Å². The Hall–Kier alpha value is -2.99. The van der Waals surface area contributed by atoms with Crippen LogP contribution >= 0.6 is 0 Å². The fourth-order valence-corrected chi connectivity index (χ4v) is 3.89. The van der Waals surface area contributed by atoms with Crippen molar-refractivity contribution in [3.05, 3.63) is 78.9 Å². The van der Waals surface area contributed by atoms with E-state index in [0.717, 1.165) is 0 Å². The zero-order valence-electron chi connectivity index (χ0n) is 14.5. The van der Waals surface area contributed by atoms with Gasteiger partial charge in [-0.05, 0) is 36.4 Å². The number of benzene rings is 3. The summed E-state index contributed by atoms with van der Waals surface area (Å²) in [5.74, 6) is 1.36. The lowest BCUT2D eigenvalue weighted by Gasteiger charge is -2.23. The molecule has 0 amide bonds. The van der Waals surface area contributed by atoms with Crippen molar-refractivity contribution >= 4 is 15.7 Å². The van der Waals surface area contributed by atoms with Crippen LogP contribution in [0.15, 0.2) is 83.8 Å². The van der Waals surface area contributed by atoms with Crippen LogP contribution in [0.3, 0.4) is 0 Å². The molecule has 0 heterocycles. The molecular weight excluding hydrogens is 350 g/mol. The number of nitrogens with zero attached hydrogens (tertiary/aromatic N) is 1. The molecule has 0 N–H and O–H groups in total. The van der Waals surface area contributed by atoms with Crippen LogP contribution in [-0.4, -0.2) is 22.6 Å². The van der Waals surface area contributed by atoms with Gasteiger partial charge in [0.05, 0.1) is 12.8 Å². The Kier molecular flexibility index (Phi) is 5.14. The maximum Gasteiger partial charge on any atom is 0.267 e. The van der Waals surface area contributed by atoms with Gasteiger partial charge in [0.15, 0.2) is 5.75 Å². The highest BCUT2D eigenvalue weighted by Gasteiger charge is 2.26. The maximum atomic E-state index is 13.1. The second-order valence-electron chi connectivity index (χ2n) is 5.51. The summed E-state index contributed by atoms with van der Waals surface area (Å²) in [7, 11) is -0.881. The molecule has 26 heavy (non-hydrogen) atoms. The summed E-state index contributed by atoms with van der Waals surface area (Å²) < 4.78 is 38.5. The van der Waals surface area contributed by atoms with Crippen LogP contribution in [0.5, 0.6) is 17.2 Å². The van der Waals surface area contributed by atoms with Gasteiger partial charge in [-0.2, -0.15) is 0 Å². The van der Waals surface area contributed by atoms with Gasteiger partial charge >= 0.3 is 0 Å². The van der Waals surface area contributed by atoms with Crippen LogP contribution in [0.25, 0.3) is 0 Å². The Morgan fingerprint density at radius 1 is 0.769 bits per heavy atom. The molecule has 3 rings (SSSR count). The zero-order chi connectivity index (χ0) is 18.6. The van der Waals surface area contributed by atoms with E-state index in [1.165, 1.54) is 24.5 Å². The first-order valence-electron chi connectivity index (χ1n) is 7.98. The first-order valence-corrected chi connectivity index (χ1v) is 9.42. The zero-order valence-corrected chi connectivity index (χ0v) is 15.3. The smallest absolute Gasteiger partial charge is 0.267 e. The molecule has 6 heteroatoms. The first-order chi connectivity index (χ1) is 12.5. The molecular formula is C20H19NO4S.